The van der Waals surface area contributed by atoms with Crippen molar-refractivity contribution < 1.29 is 19.1 Å². The van der Waals surface area contributed by atoms with Crippen LogP contribution in [0.1, 0.15) is 25.0 Å². The van der Waals surface area contributed by atoms with E-state index in [1.165, 1.54) is 11.1 Å². The molecule has 0 heterocycles. The summed E-state index contributed by atoms with van der Waals surface area (Å²) in [5, 5.41) is 6.62. The van der Waals surface area contributed by atoms with Crippen LogP contribution in [0.15, 0.2) is 59.7 Å². The lowest BCUT2D eigenvalue weighted by atomic mass is 10.1. The van der Waals surface area contributed by atoms with Crippen LogP contribution < -0.4 is 15.5 Å². The van der Waals surface area contributed by atoms with Gasteiger partial charge in [0.2, 0.25) is 0 Å². The Labute approximate surface area is 182 Å². The molecule has 0 radical (unpaired) electrons. The summed E-state index contributed by atoms with van der Waals surface area (Å²) in [5.41, 5.74) is 4.09. The molecule has 0 saturated carbocycles. The molecule has 8 nitrogen and oxygen atoms in total. The maximum atomic E-state index is 11.9. The number of nitrogens with one attached hydrogen (secondary N) is 2. The molecular formula is C23H28N4O4. The largest absolute Gasteiger partial charge is 0.484 e. The number of hydrogen-bond acceptors (Lipinski definition) is 5. The minimum absolute atomic E-state index is 0.0776. The van der Waals surface area contributed by atoms with E-state index >= 15 is 0 Å². The molecular weight excluding hydrogens is 396 g/mol. The van der Waals surface area contributed by atoms with E-state index < -0.39 is 11.8 Å². The molecule has 164 valence electrons. The number of likely N-dealkylation sites (N-methyl/N-ethyl adjacent to an activating group) is 1. The van der Waals surface area contributed by atoms with Gasteiger partial charge in [0.1, 0.15) is 5.75 Å². The number of rotatable bonds is 10. The van der Waals surface area contributed by atoms with Gasteiger partial charge in [-0.25, -0.2) is 5.43 Å². The van der Waals surface area contributed by atoms with E-state index in [0.29, 0.717) is 30.9 Å². The second-order valence-corrected chi connectivity index (χ2v) is 6.62. The van der Waals surface area contributed by atoms with Crippen molar-refractivity contribution in [3.63, 3.8) is 0 Å². The highest BCUT2D eigenvalue weighted by atomic mass is 16.5. The lowest BCUT2D eigenvalue weighted by Crippen LogP contribution is -2.41. The van der Waals surface area contributed by atoms with Crippen molar-refractivity contribution >= 4 is 23.9 Å². The normalized spacial score (nSPS) is 10.5. The zero-order valence-electron chi connectivity index (χ0n) is 17.8. The summed E-state index contributed by atoms with van der Waals surface area (Å²) in [7, 11) is 0. The second kappa shape index (κ2) is 12.8. The Bertz CT molecular complexity index is 878. The summed E-state index contributed by atoms with van der Waals surface area (Å²) < 4.78 is 5.47. The zero-order chi connectivity index (χ0) is 22.5. The lowest BCUT2D eigenvalue weighted by molar-refractivity contribution is -0.145. The Balaban J connectivity index is 1.71. The van der Waals surface area contributed by atoms with Crippen molar-refractivity contribution in [3.05, 3.63) is 65.7 Å². The van der Waals surface area contributed by atoms with Crippen molar-refractivity contribution in [2.75, 3.05) is 26.2 Å². The average molecular weight is 425 g/mol. The molecule has 0 atom stereocenters. The lowest BCUT2D eigenvalue weighted by Gasteiger charge is -2.16. The molecule has 0 aliphatic carbocycles. The maximum Gasteiger partial charge on any atom is 0.329 e. The second-order valence-electron chi connectivity index (χ2n) is 6.62. The first-order valence-corrected chi connectivity index (χ1v) is 10.2. The minimum atomic E-state index is -0.779. The molecule has 0 spiro atoms. The van der Waals surface area contributed by atoms with Gasteiger partial charge in [0.15, 0.2) is 6.61 Å². The standard InChI is InChI=1S/C23H28N4O4/c1-3-27(4-2)23(30)22(29)26-25-16-19-10-12-20(13-11-19)31-17-21(28)24-15-14-18-8-6-5-7-9-18/h5-13,16H,3-4,14-15,17H2,1-2H3,(H,24,28)(H,26,29)/b25-16+. The van der Waals surface area contributed by atoms with E-state index in [4.69, 9.17) is 4.74 Å². The van der Waals surface area contributed by atoms with Crippen LogP contribution in [0.2, 0.25) is 0 Å². The van der Waals surface area contributed by atoms with Crippen LogP contribution in [-0.4, -0.2) is 55.1 Å². The smallest absolute Gasteiger partial charge is 0.329 e. The summed E-state index contributed by atoms with van der Waals surface area (Å²) in [6, 6.07) is 16.8. The fourth-order valence-electron chi connectivity index (χ4n) is 2.71. The van der Waals surface area contributed by atoms with E-state index in [1.807, 2.05) is 30.3 Å². The van der Waals surface area contributed by atoms with E-state index in [9.17, 15) is 14.4 Å². The molecule has 0 aliphatic heterocycles. The molecule has 31 heavy (non-hydrogen) atoms. The Hall–Kier alpha value is -3.68. The molecule has 2 aromatic rings. The van der Waals surface area contributed by atoms with Gasteiger partial charge in [0, 0.05) is 19.6 Å². The van der Waals surface area contributed by atoms with E-state index in [-0.39, 0.29) is 12.5 Å². The van der Waals surface area contributed by atoms with E-state index in [0.717, 1.165) is 12.0 Å². The third-order valence-electron chi connectivity index (χ3n) is 4.45. The Morgan fingerprint density at radius 3 is 2.32 bits per heavy atom. The van der Waals surface area contributed by atoms with Gasteiger partial charge in [-0.15, -0.1) is 0 Å². The zero-order valence-corrected chi connectivity index (χ0v) is 17.8. The van der Waals surface area contributed by atoms with E-state index in [1.54, 1.807) is 38.1 Å². The van der Waals surface area contributed by atoms with Gasteiger partial charge in [-0.2, -0.15) is 5.10 Å². The van der Waals surface area contributed by atoms with Crippen LogP contribution in [0.25, 0.3) is 0 Å². The SMILES string of the molecule is CCN(CC)C(=O)C(=O)N/N=C/c1ccc(OCC(=O)NCCc2ccccc2)cc1. The van der Waals surface area contributed by atoms with Crippen LogP contribution in [0.3, 0.4) is 0 Å². The Kier molecular flexibility index (Phi) is 9.74. The fraction of sp³-hybridized carbons (Fsp3) is 0.304. The predicted octanol–water partition coefficient (Wildman–Crippen LogP) is 1.74. The first-order valence-electron chi connectivity index (χ1n) is 10.2. The fourth-order valence-corrected chi connectivity index (χ4v) is 2.71. The molecule has 0 fully saturated rings. The number of carbonyl (C=O) groups excluding carboxylic acids is 3. The van der Waals surface area contributed by atoms with Crippen molar-refractivity contribution in [2.24, 2.45) is 5.10 Å². The molecule has 8 heteroatoms. The predicted molar refractivity (Wildman–Crippen MR) is 119 cm³/mol. The highest BCUT2D eigenvalue weighted by molar-refractivity contribution is 6.34. The number of amides is 3. The summed E-state index contributed by atoms with van der Waals surface area (Å²) in [5.74, 6) is -1.05. The van der Waals surface area contributed by atoms with Crippen molar-refractivity contribution in [3.8, 4) is 5.75 Å². The molecule has 2 rings (SSSR count). The number of carbonyl (C=O) groups is 3. The number of hydrogen-bond donors (Lipinski definition) is 2. The molecule has 0 unspecified atom stereocenters. The average Bonchev–Trinajstić information content (AvgIpc) is 2.80. The van der Waals surface area contributed by atoms with Crippen LogP contribution in [0, 0.1) is 0 Å². The highest BCUT2D eigenvalue weighted by Crippen LogP contribution is 2.10. The van der Waals surface area contributed by atoms with Gasteiger partial charge >= 0.3 is 11.8 Å². The summed E-state index contributed by atoms with van der Waals surface area (Å²) in [6.07, 6.45) is 2.19. The number of benzene rings is 2. The topological polar surface area (TPSA) is 100 Å². The number of ether oxygens (including phenoxy) is 1. The van der Waals surface area contributed by atoms with Crippen LogP contribution in [-0.2, 0) is 20.8 Å². The van der Waals surface area contributed by atoms with Gasteiger partial charge in [0.25, 0.3) is 5.91 Å². The molecule has 3 amide bonds. The molecule has 0 saturated heterocycles. The number of hydrazone groups is 1. The molecule has 0 bridgehead atoms. The molecule has 0 aliphatic rings. The summed E-state index contributed by atoms with van der Waals surface area (Å²) in [6.45, 7) is 4.99. The third kappa shape index (κ3) is 8.30. The Morgan fingerprint density at radius 2 is 1.68 bits per heavy atom. The van der Waals surface area contributed by atoms with Gasteiger partial charge in [0.05, 0.1) is 6.21 Å². The molecule has 0 aromatic heterocycles. The highest BCUT2D eigenvalue weighted by Gasteiger charge is 2.18. The first-order chi connectivity index (χ1) is 15.0. The summed E-state index contributed by atoms with van der Waals surface area (Å²) >= 11 is 0. The monoisotopic (exact) mass is 424 g/mol. The Morgan fingerprint density at radius 1 is 1.00 bits per heavy atom. The van der Waals surface area contributed by atoms with Gasteiger partial charge in [-0.1, -0.05) is 30.3 Å². The van der Waals surface area contributed by atoms with Gasteiger partial charge < -0.3 is 15.0 Å². The first kappa shape index (κ1) is 23.6. The molecule has 2 aromatic carbocycles. The van der Waals surface area contributed by atoms with Crippen LogP contribution >= 0.6 is 0 Å². The molecule has 2 N–H and O–H groups in total. The van der Waals surface area contributed by atoms with E-state index in [2.05, 4.69) is 15.8 Å². The van der Waals surface area contributed by atoms with Crippen LogP contribution in [0.4, 0.5) is 0 Å². The quantitative estimate of drug-likeness (QED) is 0.345. The minimum Gasteiger partial charge on any atom is -0.484 e. The van der Waals surface area contributed by atoms with Gasteiger partial charge in [-0.3, -0.25) is 14.4 Å². The van der Waals surface area contributed by atoms with Crippen molar-refractivity contribution in [2.45, 2.75) is 20.3 Å². The van der Waals surface area contributed by atoms with Crippen LogP contribution in [0.5, 0.6) is 5.75 Å². The third-order valence-corrected chi connectivity index (χ3v) is 4.45. The number of nitrogens with zero attached hydrogens (tertiary/aromatic N) is 2. The van der Waals surface area contributed by atoms with Crippen molar-refractivity contribution in [1.82, 2.24) is 15.6 Å². The van der Waals surface area contributed by atoms with Gasteiger partial charge in [-0.05, 0) is 55.7 Å². The maximum absolute atomic E-state index is 11.9. The summed E-state index contributed by atoms with van der Waals surface area (Å²) in [4.78, 5) is 36.9. The van der Waals surface area contributed by atoms with Crippen molar-refractivity contribution in [1.29, 1.82) is 0 Å².